The van der Waals surface area contributed by atoms with Gasteiger partial charge in [0, 0.05) is 0 Å². The van der Waals surface area contributed by atoms with Gasteiger partial charge < -0.3 is 10.5 Å². The van der Waals surface area contributed by atoms with E-state index in [-0.39, 0.29) is 4.90 Å². The van der Waals surface area contributed by atoms with Gasteiger partial charge in [-0.2, -0.15) is 0 Å². The first-order valence-electron chi connectivity index (χ1n) is 5.48. The van der Waals surface area contributed by atoms with Crippen LogP contribution in [0.15, 0.2) is 17.0 Å². The Kier molecular flexibility index (Phi) is 4.69. The molecule has 0 heterocycles. The van der Waals surface area contributed by atoms with E-state index < -0.39 is 28.6 Å². The number of nitrogens with one attached hydrogen (secondary N) is 1. The van der Waals surface area contributed by atoms with Gasteiger partial charge in [-0.1, -0.05) is 0 Å². The molecule has 9 heteroatoms. The normalized spacial score (nSPS) is 10.9. The number of imide groups is 1. The van der Waals surface area contributed by atoms with Gasteiger partial charge in [0.25, 0.3) is 5.91 Å². The number of nitrogens with two attached hydrogens (primary N) is 2. The Morgan fingerprint density at radius 1 is 1.25 bits per heavy atom. The van der Waals surface area contributed by atoms with Gasteiger partial charge in [0.05, 0.1) is 4.90 Å². The Morgan fingerprint density at radius 2 is 1.85 bits per heavy atom. The number of rotatable bonds is 4. The van der Waals surface area contributed by atoms with Crippen LogP contribution in [0.2, 0.25) is 0 Å². The molecule has 0 radical (unpaired) electrons. The Morgan fingerprint density at radius 3 is 2.35 bits per heavy atom. The van der Waals surface area contributed by atoms with Crippen molar-refractivity contribution in [1.82, 2.24) is 5.32 Å². The maximum absolute atomic E-state index is 11.3. The lowest BCUT2D eigenvalue weighted by molar-refractivity contribution is -0.121. The molecule has 20 heavy (non-hydrogen) atoms. The Bertz CT molecular complexity index is 654. The number of primary amides is 1. The zero-order valence-corrected chi connectivity index (χ0v) is 11.8. The Balaban J connectivity index is 2.92. The molecule has 0 aliphatic rings. The zero-order chi connectivity index (χ0) is 15.5. The van der Waals surface area contributed by atoms with Crippen molar-refractivity contribution in [3.63, 3.8) is 0 Å². The van der Waals surface area contributed by atoms with E-state index in [1.54, 1.807) is 13.8 Å². The van der Waals surface area contributed by atoms with E-state index in [2.05, 4.69) is 0 Å². The van der Waals surface area contributed by atoms with Crippen molar-refractivity contribution in [1.29, 1.82) is 0 Å². The van der Waals surface area contributed by atoms with Gasteiger partial charge in [-0.3, -0.25) is 10.1 Å². The smallest absolute Gasteiger partial charge is 0.318 e. The molecular formula is C11H15N3O5S. The van der Waals surface area contributed by atoms with Crippen LogP contribution < -0.4 is 20.9 Å². The zero-order valence-electron chi connectivity index (χ0n) is 11.0. The van der Waals surface area contributed by atoms with Crippen LogP contribution in [0.25, 0.3) is 0 Å². The van der Waals surface area contributed by atoms with E-state index in [1.165, 1.54) is 12.1 Å². The summed E-state index contributed by atoms with van der Waals surface area (Å²) in [6.07, 6.45) is 0. The Hall–Kier alpha value is -2.13. The van der Waals surface area contributed by atoms with E-state index in [9.17, 15) is 18.0 Å². The molecule has 0 aromatic heterocycles. The molecule has 0 aliphatic carbocycles. The predicted molar refractivity (Wildman–Crippen MR) is 70.5 cm³/mol. The van der Waals surface area contributed by atoms with Crippen LogP contribution in [0, 0.1) is 13.8 Å². The van der Waals surface area contributed by atoms with Gasteiger partial charge in [0.2, 0.25) is 10.0 Å². The van der Waals surface area contributed by atoms with E-state index in [0.29, 0.717) is 16.9 Å². The summed E-state index contributed by atoms with van der Waals surface area (Å²) in [5.41, 5.74) is 5.74. The van der Waals surface area contributed by atoms with Gasteiger partial charge in [0.15, 0.2) is 6.61 Å². The summed E-state index contributed by atoms with van der Waals surface area (Å²) in [4.78, 5) is 21.6. The summed E-state index contributed by atoms with van der Waals surface area (Å²) in [5, 5.41) is 6.91. The summed E-state index contributed by atoms with van der Waals surface area (Å²) < 4.78 is 27.8. The topological polar surface area (TPSA) is 142 Å². The fourth-order valence-electron chi connectivity index (χ4n) is 1.55. The van der Waals surface area contributed by atoms with Crippen LogP contribution in [0.3, 0.4) is 0 Å². The molecule has 0 spiro atoms. The third-order valence-corrected chi connectivity index (χ3v) is 3.67. The fraction of sp³-hybridized carbons (Fsp3) is 0.273. The van der Waals surface area contributed by atoms with Crippen molar-refractivity contribution >= 4 is 22.0 Å². The first-order chi connectivity index (χ1) is 9.12. The first kappa shape index (κ1) is 15.9. The number of hydrogen-bond acceptors (Lipinski definition) is 5. The van der Waals surface area contributed by atoms with Crippen LogP contribution in [0.5, 0.6) is 5.75 Å². The minimum atomic E-state index is -3.82. The number of carbonyl (C=O) groups excluding carboxylic acids is 2. The second kappa shape index (κ2) is 5.88. The summed E-state index contributed by atoms with van der Waals surface area (Å²) >= 11 is 0. The van der Waals surface area contributed by atoms with Gasteiger partial charge in [-0.15, -0.1) is 0 Å². The van der Waals surface area contributed by atoms with Crippen LogP contribution in [0.4, 0.5) is 4.79 Å². The quantitative estimate of drug-likeness (QED) is 0.688. The molecule has 1 rings (SSSR count). The van der Waals surface area contributed by atoms with Gasteiger partial charge in [-0.25, -0.2) is 18.4 Å². The van der Waals surface area contributed by atoms with Crippen molar-refractivity contribution in [2.75, 3.05) is 6.61 Å². The number of hydrogen-bond donors (Lipinski definition) is 3. The predicted octanol–water partition coefficient (Wildman–Crippen LogP) is -0.475. The molecule has 0 fully saturated rings. The SMILES string of the molecule is Cc1c(OCC(=O)NC(N)=O)ccc(S(N)(=O)=O)c1C. The van der Waals surface area contributed by atoms with Crippen molar-refractivity contribution in [3.8, 4) is 5.75 Å². The molecular weight excluding hydrogens is 286 g/mol. The molecule has 0 bridgehead atoms. The average Bonchev–Trinajstić information content (AvgIpc) is 2.28. The largest absolute Gasteiger partial charge is 0.483 e. The van der Waals surface area contributed by atoms with Gasteiger partial charge in [-0.05, 0) is 37.1 Å². The first-order valence-corrected chi connectivity index (χ1v) is 7.02. The summed E-state index contributed by atoms with van der Waals surface area (Å²) in [7, 11) is -3.82. The summed E-state index contributed by atoms with van der Waals surface area (Å²) in [5.74, 6) is -0.389. The van der Waals surface area contributed by atoms with Gasteiger partial charge >= 0.3 is 6.03 Å². The number of benzene rings is 1. The van der Waals surface area contributed by atoms with Crippen molar-refractivity contribution in [3.05, 3.63) is 23.3 Å². The van der Waals surface area contributed by atoms with Crippen molar-refractivity contribution in [2.24, 2.45) is 10.9 Å². The molecule has 0 aliphatic heterocycles. The standard InChI is InChI=1S/C11H15N3O5S/c1-6-7(2)9(20(13,17)18)4-3-8(6)19-5-10(15)14-11(12)16/h3-4H,5H2,1-2H3,(H2,13,17,18)(H3,12,14,15,16). The fourth-order valence-corrected chi connectivity index (χ4v) is 2.39. The number of amides is 3. The highest BCUT2D eigenvalue weighted by Gasteiger charge is 2.16. The minimum Gasteiger partial charge on any atom is -0.483 e. The third-order valence-electron chi connectivity index (χ3n) is 2.62. The van der Waals surface area contributed by atoms with Crippen molar-refractivity contribution < 1.29 is 22.7 Å². The van der Waals surface area contributed by atoms with E-state index in [4.69, 9.17) is 15.6 Å². The molecule has 1 aromatic rings. The summed E-state index contributed by atoms with van der Waals surface area (Å²) in [6.45, 7) is 2.79. The highest BCUT2D eigenvalue weighted by Crippen LogP contribution is 2.26. The monoisotopic (exact) mass is 301 g/mol. The molecule has 3 amide bonds. The molecule has 8 nitrogen and oxygen atoms in total. The third kappa shape index (κ3) is 3.93. The number of ether oxygens (including phenoxy) is 1. The molecule has 0 unspecified atom stereocenters. The van der Waals surface area contributed by atoms with E-state index in [1.807, 2.05) is 5.32 Å². The number of sulfonamides is 1. The average molecular weight is 301 g/mol. The lowest BCUT2D eigenvalue weighted by Gasteiger charge is -2.13. The lowest BCUT2D eigenvalue weighted by Crippen LogP contribution is -2.38. The maximum atomic E-state index is 11.3. The van der Waals surface area contributed by atoms with Crippen molar-refractivity contribution in [2.45, 2.75) is 18.7 Å². The van der Waals surface area contributed by atoms with Gasteiger partial charge in [0.1, 0.15) is 5.75 Å². The van der Waals surface area contributed by atoms with Crippen LogP contribution in [0.1, 0.15) is 11.1 Å². The molecule has 110 valence electrons. The highest BCUT2D eigenvalue weighted by molar-refractivity contribution is 7.89. The number of primary sulfonamides is 1. The molecule has 1 aromatic carbocycles. The Labute approximate surface area is 116 Å². The lowest BCUT2D eigenvalue weighted by atomic mass is 10.1. The van der Waals surface area contributed by atoms with Crippen LogP contribution >= 0.6 is 0 Å². The summed E-state index contributed by atoms with van der Waals surface area (Å²) in [6, 6.07) is 1.70. The van der Waals surface area contributed by atoms with E-state index in [0.717, 1.165) is 0 Å². The van der Waals surface area contributed by atoms with E-state index >= 15 is 0 Å². The van der Waals surface area contributed by atoms with Crippen LogP contribution in [-0.4, -0.2) is 27.0 Å². The molecule has 5 N–H and O–H groups in total. The second-order valence-corrected chi connectivity index (χ2v) is 5.59. The maximum Gasteiger partial charge on any atom is 0.318 e. The minimum absolute atomic E-state index is 0.0102. The molecule has 0 saturated carbocycles. The van der Waals surface area contributed by atoms with Crippen LogP contribution in [-0.2, 0) is 14.8 Å². The number of urea groups is 1. The second-order valence-electron chi connectivity index (χ2n) is 4.06. The highest BCUT2D eigenvalue weighted by atomic mass is 32.2. The molecule has 0 saturated heterocycles. The number of carbonyl (C=O) groups is 2. The molecule has 0 atom stereocenters.